The number of fused-ring (bicyclic) bond motifs is 1. The van der Waals surface area contributed by atoms with Crippen LogP contribution >= 0.6 is 0 Å². The fourth-order valence-electron chi connectivity index (χ4n) is 3.68. The molecule has 0 spiro atoms. The highest BCUT2D eigenvalue weighted by atomic mass is 16.5. The molecule has 27 heavy (non-hydrogen) atoms. The Morgan fingerprint density at radius 1 is 1.37 bits per heavy atom. The van der Waals surface area contributed by atoms with Crippen molar-refractivity contribution in [1.82, 2.24) is 10.2 Å². The number of piperidine rings is 1. The maximum atomic E-state index is 12.9. The van der Waals surface area contributed by atoms with Crippen molar-refractivity contribution in [2.75, 3.05) is 20.3 Å². The van der Waals surface area contributed by atoms with Gasteiger partial charge in [-0.3, -0.25) is 9.59 Å². The van der Waals surface area contributed by atoms with E-state index in [0.717, 1.165) is 0 Å². The summed E-state index contributed by atoms with van der Waals surface area (Å²) in [5.41, 5.74) is 6.09. The summed E-state index contributed by atoms with van der Waals surface area (Å²) in [7, 11) is 1.31. The van der Waals surface area contributed by atoms with Gasteiger partial charge in [0.1, 0.15) is 6.04 Å². The predicted octanol–water partition coefficient (Wildman–Crippen LogP) is 1.97. The van der Waals surface area contributed by atoms with E-state index in [1.165, 1.54) is 7.11 Å². The molecule has 0 aromatic rings. The van der Waals surface area contributed by atoms with E-state index in [2.05, 4.69) is 23.9 Å². The van der Waals surface area contributed by atoms with E-state index in [1.54, 1.807) is 11.8 Å². The van der Waals surface area contributed by atoms with Crippen LogP contribution in [0.2, 0.25) is 0 Å². The van der Waals surface area contributed by atoms with E-state index in [1.807, 2.05) is 20.8 Å². The quantitative estimate of drug-likeness (QED) is 0.714. The number of likely N-dealkylation sites (tertiary alicyclic amines) is 1. The molecule has 2 rings (SSSR count). The van der Waals surface area contributed by atoms with Gasteiger partial charge in [-0.15, -0.1) is 0 Å². The summed E-state index contributed by atoms with van der Waals surface area (Å²) in [4.78, 5) is 35.3. The molecule has 158 valence electrons. The summed E-state index contributed by atoms with van der Waals surface area (Å²) < 4.78 is 8.78. The van der Waals surface area contributed by atoms with Gasteiger partial charge in [0.2, 0.25) is 5.91 Å². The molecule has 0 aromatic carbocycles. The Bertz CT molecular complexity index is 530. The van der Waals surface area contributed by atoms with Gasteiger partial charge in [0, 0.05) is 12.5 Å². The first-order valence-electron chi connectivity index (χ1n) is 8.89. The van der Waals surface area contributed by atoms with E-state index in [4.69, 9.17) is 15.3 Å². The fourth-order valence-corrected chi connectivity index (χ4v) is 3.68. The zero-order valence-corrected chi connectivity index (χ0v) is 16.9. The molecular formula is C19H37N3O5. The average Bonchev–Trinajstić information content (AvgIpc) is 2.88. The van der Waals surface area contributed by atoms with Crippen LogP contribution in [0, 0.1) is 22.7 Å². The van der Waals surface area contributed by atoms with Crippen LogP contribution in [0.15, 0.2) is 0 Å². The van der Waals surface area contributed by atoms with Gasteiger partial charge >= 0.3 is 6.09 Å². The van der Waals surface area contributed by atoms with E-state index < -0.39 is 17.6 Å². The maximum absolute atomic E-state index is 12.9. The number of nitrogens with zero attached hydrogens (tertiary/aromatic N) is 1. The number of amides is 2. The molecule has 2 aliphatic rings. The van der Waals surface area contributed by atoms with E-state index in [9.17, 15) is 9.59 Å². The van der Waals surface area contributed by atoms with E-state index >= 15 is 0 Å². The number of alkyl carbamates (subject to hydrolysis) is 1. The molecule has 1 heterocycles. The molecule has 0 aromatic heterocycles. The molecule has 4 atom stereocenters. The van der Waals surface area contributed by atoms with Gasteiger partial charge in [-0.05, 0) is 23.7 Å². The van der Waals surface area contributed by atoms with Crippen molar-refractivity contribution < 1.29 is 23.9 Å². The van der Waals surface area contributed by atoms with Crippen LogP contribution in [-0.2, 0) is 19.1 Å². The molecule has 1 aliphatic carbocycles. The zero-order valence-electron chi connectivity index (χ0n) is 16.9. The first-order chi connectivity index (χ1) is 11.9. The second kappa shape index (κ2) is 9.39. The zero-order chi connectivity index (χ0) is 20.3. The Morgan fingerprint density at radius 3 is 2.22 bits per heavy atom. The van der Waals surface area contributed by atoms with Crippen molar-refractivity contribution in [3.63, 3.8) is 0 Å². The minimum absolute atomic E-state index is 0. The normalized spacial score (nSPS) is 25.6. The second-order valence-electron chi connectivity index (χ2n) is 8.43. The van der Waals surface area contributed by atoms with Crippen LogP contribution in [0.5, 0.6) is 0 Å². The number of nitrogens with two attached hydrogens (primary N) is 1. The molecule has 2 amide bonds. The second-order valence-corrected chi connectivity index (χ2v) is 8.43. The topological polar surface area (TPSA) is 111 Å². The highest BCUT2D eigenvalue weighted by Crippen LogP contribution is 2.63. The molecule has 8 nitrogen and oxygen atoms in total. The Hall–Kier alpha value is -1.83. The molecular weight excluding hydrogens is 350 g/mol. The predicted molar refractivity (Wildman–Crippen MR) is 104 cm³/mol. The van der Waals surface area contributed by atoms with Gasteiger partial charge in [-0.1, -0.05) is 42.0 Å². The summed E-state index contributed by atoms with van der Waals surface area (Å²) in [6.45, 7) is 13.2. The van der Waals surface area contributed by atoms with Crippen LogP contribution in [0.25, 0.3) is 0 Å². The van der Waals surface area contributed by atoms with Gasteiger partial charge in [0.15, 0.2) is 0 Å². The fraction of sp³-hybridized carbons (Fsp3) is 0.842. The number of methoxy groups -OCH3 is 1. The third-order valence-electron chi connectivity index (χ3n) is 5.29. The molecule has 1 unspecified atom stereocenters. The number of ether oxygens (including phenoxy) is 2. The molecule has 3 N–H and O–H groups in total. The number of carbonyl (C=O) groups excluding carboxylic acids is 3. The van der Waals surface area contributed by atoms with Crippen LogP contribution in [0.3, 0.4) is 0 Å². The molecule has 1 saturated heterocycles. The molecule has 1 aliphatic heterocycles. The molecule has 0 bridgehead atoms. The Balaban J connectivity index is 0.00000123. The highest BCUT2D eigenvalue weighted by molar-refractivity contribution is 5.87. The minimum Gasteiger partial charge on any atom is -0.471 e. The Kier molecular flexibility index (Phi) is 8.76. The van der Waals surface area contributed by atoms with Crippen molar-refractivity contribution in [3.05, 3.63) is 0 Å². The summed E-state index contributed by atoms with van der Waals surface area (Å²) in [5.74, 6) is 0.713. The third-order valence-corrected chi connectivity index (χ3v) is 5.29. The maximum Gasteiger partial charge on any atom is 0.407 e. The van der Waals surface area contributed by atoms with Gasteiger partial charge in [-0.2, -0.15) is 0 Å². The average molecular weight is 388 g/mol. The standard InChI is InChI=1S/C16H29N3O3.C2H4O2.CH4/c1-7-22-14(21)18-11(15(2,3)4)13(20)19-8-9-10(12(19)17)16(9,5)6;1-4-2-3;/h9-12H,7-8,17H2,1-6H3,(H,18,21);2H,1H3;1H4/t9-,10?,11+,12-;;/m0../s1. The molecule has 8 heteroatoms. The first kappa shape index (κ1) is 25.2. The molecule has 2 fully saturated rings. The van der Waals surface area contributed by atoms with Gasteiger partial charge < -0.3 is 25.4 Å². The minimum atomic E-state index is -0.641. The van der Waals surface area contributed by atoms with Crippen molar-refractivity contribution in [3.8, 4) is 0 Å². The van der Waals surface area contributed by atoms with Crippen LogP contribution in [0.4, 0.5) is 4.79 Å². The van der Waals surface area contributed by atoms with Crippen LogP contribution in [-0.4, -0.2) is 55.8 Å². The third kappa shape index (κ3) is 5.57. The lowest BCUT2D eigenvalue weighted by molar-refractivity contribution is -0.138. The summed E-state index contributed by atoms with van der Waals surface area (Å²) in [6.07, 6.45) is -0.824. The van der Waals surface area contributed by atoms with Crippen LogP contribution < -0.4 is 11.1 Å². The van der Waals surface area contributed by atoms with E-state index in [0.29, 0.717) is 24.9 Å². The number of carbonyl (C=O) groups is 3. The van der Waals surface area contributed by atoms with Crippen molar-refractivity contribution in [1.29, 1.82) is 0 Å². The highest BCUT2D eigenvalue weighted by Gasteiger charge is 2.67. The summed E-state index contributed by atoms with van der Waals surface area (Å²) >= 11 is 0. The SMILES string of the molecule is C.CCOC(=O)N[C@H](C(=O)N1C[C@H]2C([C@H]1N)C2(C)C)C(C)(C)C.COC=O. The van der Waals surface area contributed by atoms with Gasteiger partial charge in [-0.25, -0.2) is 4.79 Å². The largest absolute Gasteiger partial charge is 0.471 e. The van der Waals surface area contributed by atoms with Crippen molar-refractivity contribution in [2.45, 2.75) is 61.2 Å². The Morgan fingerprint density at radius 2 is 1.89 bits per heavy atom. The number of rotatable bonds is 4. The van der Waals surface area contributed by atoms with Gasteiger partial charge in [0.25, 0.3) is 6.47 Å². The number of hydrogen-bond donors (Lipinski definition) is 2. The Labute approximate surface area is 163 Å². The number of hydrogen-bond acceptors (Lipinski definition) is 6. The molecule has 0 radical (unpaired) electrons. The van der Waals surface area contributed by atoms with Crippen LogP contribution in [0.1, 0.15) is 49.0 Å². The lowest BCUT2D eigenvalue weighted by atomic mass is 9.85. The smallest absolute Gasteiger partial charge is 0.407 e. The summed E-state index contributed by atoms with van der Waals surface area (Å²) in [6, 6.07) is -0.641. The number of nitrogens with one attached hydrogen (secondary N) is 1. The van der Waals surface area contributed by atoms with Gasteiger partial charge in [0.05, 0.1) is 19.9 Å². The van der Waals surface area contributed by atoms with Crippen molar-refractivity contribution in [2.24, 2.45) is 28.4 Å². The van der Waals surface area contributed by atoms with Crippen molar-refractivity contribution >= 4 is 18.5 Å². The van der Waals surface area contributed by atoms with E-state index in [-0.39, 0.29) is 31.5 Å². The first-order valence-corrected chi connectivity index (χ1v) is 8.89. The lowest BCUT2D eigenvalue weighted by Gasteiger charge is -2.36. The monoisotopic (exact) mass is 387 g/mol. The lowest BCUT2D eigenvalue weighted by Crippen LogP contribution is -2.58. The summed E-state index contributed by atoms with van der Waals surface area (Å²) in [5, 5.41) is 2.70. The molecule has 1 saturated carbocycles.